The van der Waals surface area contributed by atoms with Crippen molar-refractivity contribution in [2.24, 2.45) is 0 Å². The monoisotopic (exact) mass is 574 g/mol. The van der Waals surface area contributed by atoms with E-state index in [2.05, 4.69) is 96.1 Å². The third kappa shape index (κ3) is 2.23. The van der Waals surface area contributed by atoms with Gasteiger partial charge >= 0.3 is 0 Å². The van der Waals surface area contributed by atoms with Crippen LogP contribution in [0.1, 0.15) is 22.3 Å². The number of aromatic nitrogens is 2. The first kappa shape index (κ1) is 18.5. The van der Waals surface area contributed by atoms with Crippen LogP contribution in [0.15, 0.2) is 103 Å². The predicted octanol–water partition coefficient (Wildman–Crippen LogP) is 6.01. The van der Waals surface area contributed by atoms with E-state index in [-0.39, 0.29) is 25.5 Å². The smallest absolute Gasteiger partial charge is 0.0496 e. The Morgan fingerprint density at radius 3 is 1.74 bits per heavy atom. The molecule has 149 valence electrons. The van der Waals surface area contributed by atoms with Crippen molar-refractivity contribution >= 4 is 0 Å². The van der Waals surface area contributed by atoms with Gasteiger partial charge in [-0.3, -0.25) is 4.68 Å². The molecule has 2 aliphatic rings. The fourth-order valence-corrected chi connectivity index (χ4v) is 5.56. The predicted molar refractivity (Wildman–Crippen MR) is 119 cm³/mol. The van der Waals surface area contributed by atoms with Gasteiger partial charge in [-0.25, -0.2) is 0 Å². The second kappa shape index (κ2) is 6.62. The Morgan fingerprint density at radius 2 is 1.19 bits per heavy atom. The van der Waals surface area contributed by atoms with Gasteiger partial charge in [-0.05, 0) is 39.6 Å². The molecule has 7 rings (SSSR count). The number of hydrogen-bond donors (Lipinski definition) is 0. The summed E-state index contributed by atoms with van der Waals surface area (Å²) >= 11 is 0. The molecule has 3 heteroatoms. The zero-order valence-corrected chi connectivity index (χ0v) is 18.9. The maximum absolute atomic E-state index is 4.45. The summed E-state index contributed by atoms with van der Waals surface area (Å²) in [6.45, 7) is 0. The second-order valence-corrected chi connectivity index (χ2v) is 7.98. The van der Waals surface area contributed by atoms with Crippen LogP contribution in [0.25, 0.3) is 27.9 Å². The topological polar surface area (TPSA) is 17.8 Å². The number of fused-ring (bicyclic) bond motifs is 10. The average Bonchev–Trinajstić information content (AvgIpc) is 3.51. The molecule has 0 saturated carbocycles. The van der Waals surface area contributed by atoms with E-state index in [1.165, 1.54) is 44.5 Å². The van der Waals surface area contributed by atoms with Crippen molar-refractivity contribution in [1.29, 1.82) is 0 Å². The van der Waals surface area contributed by atoms with E-state index in [4.69, 9.17) is 0 Å². The van der Waals surface area contributed by atoms with Crippen molar-refractivity contribution in [3.63, 3.8) is 0 Å². The summed E-state index contributed by atoms with van der Waals surface area (Å²) in [6.07, 6.45) is 3.79. The van der Waals surface area contributed by atoms with E-state index in [0.717, 1.165) is 5.69 Å². The molecule has 5 aromatic rings. The van der Waals surface area contributed by atoms with Crippen LogP contribution in [-0.4, -0.2) is 9.78 Å². The van der Waals surface area contributed by atoms with Crippen LogP contribution in [0.4, 0.5) is 0 Å². The molecule has 0 bridgehead atoms. The molecule has 0 aliphatic heterocycles. The Morgan fingerprint density at radius 1 is 0.645 bits per heavy atom. The third-order valence-electron chi connectivity index (χ3n) is 6.66. The van der Waals surface area contributed by atoms with Gasteiger partial charge < -0.3 is 0 Å². The number of rotatable bonds is 1. The van der Waals surface area contributed by atoms with Gasteiger partial charge in [0.1, 0.15) is 0 Å². The molecular weight excluding hydrogens is 557 g/mol. The first-order chi connectivity index (χ1) is 14.9. The van der Waals surface area contributed by atoms with Crippen LogP contribution in [0.3, 0.4) is 0 Å². The van der Waals surface area contributed by atoms with Crippen LogP contribution in [-0.2, 0) is 25.5 Å². The summed E-state index contributed by atoms with van der Waals surface area (Å²) < 4.78 is 1.89. The molecule has 1 spiro atoms. The fourth-order valence-electron chi connectivity index (χ4n) is 5.56. The normalized spacial score (nSPS) is 13.8. The molecule has 2 aliphatic carbocycles. The molecule has 1 heterocycles. The van der Waals surface area contributed by atoms with E-state index >= 15 is 0 Å². The minimum Gasteiger partial charge on any atom is -0.266 e. The van der Waals surface area contributed by atoms with E-state index in [1.54, 1.807) is 0 Å². The molecule has 0 N–H and O–H groups in total. The number of benzene rings is 4. The molecule has 31 heavy (non-hydrogen) atoms. The van der Waals surface area contributed by atoms with E-state index in [1.807, 2.05) is 23.1 Å². The summed E-state index contributed by atoms with van der Waals surface area (Å²) in [7, 11) is 0. The average molecular weight is 574 g/mol. The standard InChI is InChI=1S/C28H17N2.Ir/c1-4-11-24-20(8-1)21-9-2-5-12-25(21)28(24)26-13-6-3-10-22(26)23-15-14-19(18-27(23)28)30-17-7-16-29-30;/h1-13,15-18H;/q-1;. The summed E-state index contributed by atoms with van der Waals surface area (Å²) in [5.41, 5.74) is 11.2. The van der Waals surface area contributed by atoms with Gasteiger partial charge in [0, 0.05) is 37.9 Å². The summed E-state index contributed by atoms with van der Waals surface area (Å²) in [5.74, 6) is 0. The number of nitrogens with zero attached hydrogens (tertiary/aromatic N) is 2. The summed E-state index contributed by atoms with van der Waals surface area (Å²) in [6, 6.07) is 36.4. The number of hydrogen-bond acceptors (Lipinski definition) is 1. The molecule has 0 amide bonds. The van der Waals surface area contributed by atoms with Gasteiger partial charge in [0.05, 0.1) is 0 Å². The van der Waals surface area contributed by atoms with Gasteiger partial charge in [-0.1, -0.05) is 78.4 Å². The minimum atomic E-state index is -0.309. The van der Waals surface area contributed by atoms with Crippen molar-refractivity contribution in [2.45, 2.75) is 5.41 Å². The molecule has 0 atom stereocenters. The van der Waals surface area contributed by atoms with Gasteiger partial charge in [-0.15, -0.1) is 17.2 Å². The van der Waals surface area contributed by atoms with Crippen molar-refractivity contribution in [3.05, 3.63) is 132 Å². The summed E-state index contributed by atoms with van der Waals surface area (Å²) in [5, 5.41) is 4.45. The van der Waals surface area contributed by atoms with Crippen LogP contribution < -0.4 is 0 Å². The zero-order valence-electron chi connectivity index (χ0n) is 16.5. The molecule has 0 fully saturated rings. The molecule has 0 unspecified atom stereocenters. The van der Waals surface area contributed by atoms with Gasteiger partial charge in [0.15, 0.2) is 0 Å². The first-order valence-electron chi connectivity index (χ1n) is 10.2. The van der Waals surface area contributed by atoms with Crippen LogP contribution in [0, 0.1) is 6.07 Å². The van der Waals surface area contributed by atoms with E-state index < -0.39 is 0 Å². The van der Waals surface area contributed by atoms with Crippen LogP contribution >= 0.6 is 0 Å². The zero-order chi connectivity index (χ0) is 19.7. The summed E-state index contributed by atoms with van der Waals surface area (Å²) in [4.78, 5) is 0. The van der Waals surface area contributed by atoms with Gasteiger partial charge in [0.25, 0.3) is 0 Å². The Kier molecular flexibility index (Phi) is 3.95. The largest absolute Gasteiger partial charge is 0.266 e. The van der Waals surface area contributed by atoms with Crippen molar-refractivity contribution in [2.75, 3.05) is 0 Å². The van der Waals surface area contributed by atoms with E-state index in [0.29, 0.717) is 0 Å². The quantitative estimate of drug-likeness (QED) is 0.220. The van der Waals surface area contributed by atoms with Crippen LogP contribution in [0.2, 0.25) is 0 Å². The third-order valence-corrected chi connectivity index (χ3v) is 6.66. The maximum atomic E-state index is 4.45. The molecule has 4 aromatic carbocycles. The molecular formula is C28H17IrN2-. The first-order valence-corrected chi connectivity index (χ1v) is 10.2. The maximum Gasteiger partial charge on any atom is 0.0496 e. The molecule has 2 nitrogen and oxygen atoms in total. The fraction of sp³-hybridized carbons (Fsp3) is 0.0357. The molecule has 0 saturated heterocycles. The van der Waals surface area contributed by atoms with Crippen LogP contribution in [0.5, 0.6) is 0 Å². The van der Waals surface area contributed by atoms with Gasteiger partial charge in [-0.2, -0.15) is 17.2 Å². The Balaban J connectivity index is 0.00000185. The molecule has 1 aromatic heterocycles. The SMILES string of the molecule is [Ir].[c-]1cc2c(cc1-n1cccn1)C1(c3ccccc3-c3ccccc31)c1ccccc1-2. The van der Waals surface area contributed by atoms with Crippen molar-refractivity contribution in [3.8, 4) is 27.9 Å². The Bertz CT molecular complexity index is 1390. The Labute approximate surface area is 194 Å². The minimum absolute atomic E-state index is 0. The van der Waals surface area contributed by atoms with E-state index in [9.17, 15) is 0 Å². The van der Waals surface area contributed by atoms with Crippen molar-refractivity contribution < 1.29 is 20.1 Å². The Hall–Kier alpha value is -3.26. The van der Waals surface area contributed by atoms with Crippen molar-refractivity contribution in [1.82, 2.24) is 9.78 Å². The second-order valence-electron chi connectivity index (χ2n) is 7.98. The van der Waals surface area contributed by atoms with Gasteiger partial charge in [0.2, 0.25) is 0 Å². The molecule has 1 radical (unpaired) electrons.